The third-order valence-corrected chi connectivity index (χ3v) is 4.69. The van der Waals surface area contributed by atoms with Gasteiger partial charge in [-0.3, -0.25) is 0 Å². The Morgan fingerprint density at radius 2 is 2.09 bits per heavy atom. The van der Waals surface area contributed by atoms with Crippen LogP contribution < -0.4 is 5.32 Å². The van der Waals surface area contributed by atoms with Crippen molar-refractivity contribution in [1.82, 2.24) is 15.4 Å². The molecule has 0 aliphatic carbocycles. The smallest absolute Gasteiger partial charge is 0.317 e. The number of carbonyl (C=O) groups excluding carboxylic acids is 1. The summed E-state index contributed by atoms with van der Waals surface area (Å²) in [5, 5.41) is 7.08. The second-order valence-electron chi connectivity index (χ2n) is 7.36. The number of nitrogens with one attached hydrogen (secondary N) is 1. The molecule has 5 nitrogen and oxygen atoms in total. The van der Waals surface area contributed by atoms with Crippen molar-refractivity contribution in [2.75, 3.05) is 13.1 Å². The molecule has 0 unspecified atom stereocenters. The molecule has 0 saturated carbocycles. The second-order valence-corrected chi connectivity index (χ2v) is 7.36. The molecule has 1 N–H and O–H groups in total. The minimum atomic E-state index is 0.0527. The summed E-state index contributed by atoms with van der Waals surface area (Å²) in [7, 11) is 0. The number of aromatic nitrogens is 1. The van der Waals surface area contributed by atoms with E-state index in [4.69, 9.17) is 4.52 Å². The predicted octanol–water partition coefficient (Wildman–Crippen LogP) is 3.44. The van der Waals surface area contributed by atoms with Crippen LogP contribution in [0.15, 0.2) is 4.52 Å². The van der Waals surface area contributed by atoms with E-state index < -0.39 is 0 Å². The summed E-state index contributed by atoms with van der Waals surface area (Å²) >= 11 is 0. The van der Waals surface area contributed by atoms with Crippen LogP contribution in [-0.4, -0.2) is 35.2 Å². The molecule has 2 amide bonds. The van der Waals surface area contributed by atoms with Crippen molar-refractivity contribution in [3.63, 3.8) is 0 Å². The van der Waals surface area contributed by atoms with Gasteiger partial charge in [-0.25, -0.2) is 4.79 Å². The third-order valence-electron chi connectivity index (χ3n) is 4.69. The van der Waals surface area contributed by atoms with Gasteiger partial charge in [0.15, 0.2) is 0 Å². The van der Waals surface area contributed by atoms with Crippen LogP contribution in [0.5, 0.6) is 0 Å². The number of hydrogen-bond acceptors (Lipinski definition) is 3. The lowest BCUT2D eigenvalue weighted by atomic mass is 9.85. The fraction of sp³-hybridized carbons (Fsp3) is 0.765. The number of likely N-dealkylation sites (tertiary alicyclic amines) is 1. The predicted molar refractivity (Wildman–Crippen MR) is 86.9 cm³/mol. The zero-order valence-corrected chi connectivity index (χ0v) is 14.5. The largest absolute Gasteiger partial charge is 0.361 e. The van der Waals surface area contributed by atoms with Gasteiger partial charge in [-0.05, 0) is 51.9 Å². The Morgan fingerprint density at radius 1 is 1.36 bits per heavy atom. The molecule has 0 bridgehead atoms. The Morgan fingerprint density at radius 3 is 2.73 bits per heavy atom. The maximum Gasteiger partial charge on any atom is 0.317 e. The average Bonchev–Trinajstić information content (AvgIpc) is 2.63. The molecule has 124 valence electrons. The normalized spacial score (nSPS) is 19.6. The summed E-state index contributed by atoms with van der Waals surface area (Å²) in [6, 6.07) is 0.123. The van der Waals surface area contributed by atoms with Crippen LogP contribution in [0.4, 0.5) is 4.79 Å². The monoisotopic (exact) mass is 307 g/mol. The van der Waals surface area contributed by atoms with Gasteiger partial charge in [0.1, 0.15) is 5.76 Å². The van der Waals surface area contributed by atoms with Gasteiger partial charge >= 0.3 is 6.03 Å². The van der Waals surface area contributed by atoms with Crippen LogP contribution in [0.25, 0.3) is 0 Å². The van der Waals surface area contributed by atoms with Gasteiger partial charge in [-0.2, -0.15) is 0 Å². The van der Waals surface area contributed by atoms with Crippen molar-refractivity contribution in [3.05, 3.63) is 17.0 Å². The minimum absolute atomic E-state index is 0.0527. The lowest BCUT2D eigenvalue weighted by Gasteiger charge is -2.25. The van der Waals surface area contributed by atoms with Gasteiger partial charge in [-0.1, -0.05) is 19.0 Å². The summed E-state index contributed by atoms with van der Waals surface area (Å²) in [5.41, 5.74) is 2.36. The first kappa shape index (κ1) is 16.8. The molecule has 1 saturated heterocycles. The van der Waals surface area contributed by atoms with Crippen LogP contribution in [0.3, 0.4) is 0 Å². The van der Waals surface area contributed by atoms with E-state index in [1.54, 1.807) is 0 Å². The number of urea groups is 1. The van der Waals surface area contributed by atoms with Crippen molar-refractivity contribution in [3.8, 4) is 0 Å². The minimum Gasteiger partial charge on any atom is -0.361 e. The highest BCUT2D eigenvalue weighted by Crippen LogP contribution is 2.29. The van der Waals surface area contributed by atoms with Crippen LogP contribution in [0.1, 0.15) is 57.1 Å². The van der Waals surface area contributed by atoms with Crippen LogP contribution in [-0.2, 0) is 6.42 Å². The Labute approximate surface area is 133 Å². The Bertz CT molecular complexity index is 502. The van der Waals surface area contributed by atoms with Crippen molar-refractivity contribution in [2.45, 2.75) is 66.3 Å². The first-order valence-corrected chi connectivity index (χ1v) is 8.26. The first-order chi connectivity index (χ1) is 10.3. The molecule has 22 heavy (non-hydrogen) atoms. The highest BCUT2D eigenvalue weighted by molar-refractivity contribution is 5.74. The zero-order valence-electron chi connectivity index (χ0n) is 14.5. The van der Waals surface area contributed by atoms with Gasteiger partial charge in [0, 0.05) is 24.7 Å². The molecular formula is C17H29N3O2. The quantitative estimate of drug-likeness (QED) is 0.930. The number of rotatable bonds is 3. The molecule has 0 aromatic carbocycles. The molecule has 1 aromatic heterocycles. The van der Waals surface area contributed by atoms with Gasteiger partial charge in [-0.15, -0.1) is 0 Å². The fourth-order valence-electron chi connectivity index (χ4n) is 3.08. The topological polar surface area (TPSA) is 58.4 Å². The van der Waals surface area contributed by atoms with Gasteiger partial charge in [0.25, 0.3) is 0 Å². The molecule has 1 aliphatic rings. The lowest BCUT2D eigenvalue weighted by Crippen LogP contribution is -2.45. The second kappa shape index (κ2) is 6.71. The van der Waals surface area contributed by atoms with Crippen LogP contribution >= 0.6 is 0 Å². The number of carbonyl (C=O) groups is 1. The standard InChI is InChI=1S/C17H29N3O2/c1-12(11-15-13(2)19-22-14(15)3)18-16(21)20-9-6-7-17(4,5)8-10-20/h12H,6-11H2,1-5H3,(H,18,21)/t12-/m0/s1. The maximum atomic E-state index is 12.4. The molecule has 1 atom stereocenters. The Kier molecular flexibility index (Phi) is 5.14. The van der Waals surface area contributed by atoms with Crippen LogP contribution in [0.2, 0.25) is 0 Å². The van der Waals surface area contributed by atoms with Crippen molar-refractivity contribution in [2.24, 2.45) is 5.41 Å². The van der Waals surface area contributed by atoms with E-state index in [2.05, 4.69) is 24.3 Å². The molecular weight excluding hydrogens is 278 g/mol. The summed E-state index contributed by atoms with van der Waals surface area (Å²) in [5.74, 6) is 0.843. The molecule has 2 rings (SSSR count). The van der Waals surface area contributed by atoms with E-state index in [-0.39, 0.29) is 12.1 Å². The van der Waals surface area contributed by atoms with Crippen LogP contribution in [0, 0.1) is 19.3 Å². The van der Waals surface area contributed by atoms with E-state index >= 15 is 0 Å². The molecule has 1 aliphatic heterocycles. The van der Waals surface area contributed by atoms with Crippen molar-refractivity contribution < 1.29 is 9.32 Å². The third kappa shape index (κ3) is 4.24. The van der Waals surface area contributed by atoms with E-state index in [0.717, 1.165) is 49.4 Å². The SMILES string of the molecule is Cc1noc(C)c1C[C@H](C)NC(=O)N1CCCC(C)(C)CC1. The number of hydrogen-bond donors (Lipinski definition) is 1. The molecule has 5 heteroatoms. The lowest BCUT2D eigenvalue weighted by molar-refractivity contribution is 0.194. The highest BCUT2D eigenvalue weighted by atomic mass is 16.5. The van der Waals surface area contributed by atoms with E-state index in [1.807, 2.05) is 25.7 Å². The van der Waals surface area contributed by atoms with E-state index in [9.17, 15) is 4.79 Å². The summed E-state index contributed by atoms with van der Waals surface area (Å²) in [6.45, 7) is 12.2. The Balaban J connectivity index is 1.88. The van der Waals surface area contributed by atoms with Gasteiger partial charge in [0.2, 0.25) is 0 Å². The zero-order chi connectivity index (χ0) is 16.3. The molecule has 2 heterocycles. The van der Waals surface area contributed by atoms with E-state index in [0.29, 0.717) is 5.41 Å². The molecule has 0 radical (unpaired) electrons. The summed E-state index contributed by atoms with van der Waals surface area (Å²) in [4.78, 5) is 14.4. The number of amides is 2. The summed E-state index contributed by atoms with van der Waals surface area (Å²) in [6.07, 6.45) is 4.09. The van der Waals surface area contributed by atoms with Crippen molar-refractivity contribution in [1.29, 1.82) is 0 Å². The number of nitrogens with zero attached hydrogens (tertiary/aromatic N) is 2. The number of aryl methyl sites for hydroxylation is 2. The maximum absolute atomic E-state index is 12.4. The molecule has 0 spiro atoms. The van der Waals surface area contributed by atoms with Gasteiger partial charge in [0.05, 0.1) is 5.69 Å². The molecule has 1 aromatic rings. The summed E-state index contributed by atoms with van der Waals surface area (Å²) < 4.78 is 5.18. The van der Waals surface area contributed by atoms with Crippen molar-refractivity contribution >= 4 is 6.03 Å². The average molecular weight is 307 g/mol. The fourth-order valence-corrected chi connectivity index (χ4v) is 3.08. The Hall–Kier alpha value is -1.52. The van der Waals surface area contributed by atoms with Gasteiger partial charge < -0.3 is 14.7 Å². The highest BCUT2D eigenvalue weighted by Gasteiger charge is 2.26. The first-order valence-electron chi connectivity index (χ1n) is 8.26. The van der Waals surface area contributed by atoms with E-state index in [1.165, 1.54) is 6.42 Å². The molecule has 1 fully saturated rings.